The summed E-state index contributed by atoms with van der Waals surface area (Å²) in [6, 6.07) is 18.2. The molecule has 3 fully saturated rings. The first-order valence-electron chi connectivity index (χ1n) is 13.9. The fourth-order valence-corrected chi connectivity index (χ4v) is 9.26. The lowest BCUT2D eigenvalue weighted by atomic mass is 9.52. The molecule has 2 aromatic carbocycles. The first-order chi connectivity index (χ1) is 17.2. The zero-order valence-corrected chi connectivity index (χ0v) is 22.4. The highest BCUT2D eigenvalue weighted by Gasteiger charge is 2.61. The molecule has 3 nitrogen and oxygen atoms in total. The molecule has 0 radical (unpaired) electrons. The van der Waals surface area contributed by atoms with Gasteiger partial charge in [0.2, 0.25) is 6.41 Å². The van der Waals surface area contributed by atoms with Crippen molar-refractivity contribution in [3.8, 4) is 0 Å². The van der Waals surface area contributed by atoms with E-state index in [1.54, 1.807) is 5.56 Å². The van der Waals surface area contributed by atoms with E-state index in [0.717, 1.165) is 32.5 Å². The number of hydrogen-bond acceptors (Lipinski definition) is 2. The summed E-state index contributed by atoms with van der Waals surface area (Å²) < 4.78 is 1.19. The molecule has 0 unspecified atom stereocenters. The number of nitrogens with zero attached hydrogens (tertiary/aromatic N) is 1. The maximum absolute atomic E-state index is 12.9. The molecule has 0 aromatic heterocycles. The van der Waals surface area contributed by atoms with Gasteiger partial charge in [-0.05, 0) is 85.6 Å². The zero-order chi connectivity index (χ0) is 23.9. The molecule has 1 saturated carbocycles. The maximum atomic E-state index is 12.9. The summed E-state index contributed by atoms with van der Waals surface area (Å²) in [5, 5.41) is 3.89. The van der Waals surface area contributed by atoms with Crippen LogP contribution in [0.1, 0.15) is 80.4 Å². The average Bonchev–Trinajstić information content (AvgIpc) is 3.33. The molecule has 186 valence electrons. The van der Waals surface area contributed by atoms with Crippen LogP contribution in [-0.4, -0.2) is 36.5 Å². The number of rotatable bonds is 4. The SMILES string of the molecule is O=CN1CC[C@H](c2ccccc2)C[C@@]1(C1CCCCC1)[C@@H]1CNC[C@]12CCCc1cc(Br)ccc12. The predicted octanol–water partition coefficient (Wildman–Crippen LogP) is 6.60. The van der Waals surface area contributed by atoms with Crippen LogP contribution in [0.4, 0.5) is 0 Å². The third-order valence-corrected chi connectivity index (χ3v) is 10.8. The van der Waals surface area contributed by atoms with E-state index in [0.29, 0.717) is 17.8 Å². The van der Waals surface area contributed by atoms with Crippen LogP contribution in [0.3, 0.4) is 0 Å². The number of likely N-dealkylation sites (tertiary alicyclic amines) is 1. The Kier molecular flexibility index (Phi) is 6.55. The minimum absolute atomic E-state index is 0.0773. The summed E-state index contributed by atoms with van der Waals surface area (Å²) >= 11 is 3.74. The highest BCUT2D eigenvalue weighted by Crippen LogP contribution is 2.58. The molecule has 4 aliphatic rings. The molecule has 1 amide bonds. The lowest BCUT2D eigenvalue weighted by Gasteiger charge is -2.60. The number of amides is 1. The number of piperidine rings is 1. The van der Waals surface area contributed by atoms with E-state index in [2.05, 4.69) is 74.7 Å². The van der Waals surface area contributed by atoms with Crippen LogP contribution in [0.25, 0.3) is 0 Å². The second-order valence-electron chi connectivity index (χ2n) is 11.7. The molecule has 2 saturated heterocycles. The Morgan fingerprint density at radius 3 is 2.63 bits per heavy atom. The normalized spacial score (nSPS) is 33.6. The molecule has 4 atom stereocenters. The van der Waals surface area contributed by atoms with Crippen LogP contribution in [0.15, 0.2) is 53.0 Å². The molecule has 0 bridgehead atoms. The van der Waals surface area contributed by atoms with Crippen molar-refractivity contribution in [1.29, 1.82) is 0 Å². The summed E-state index contributed by atoms with van der Waals surface area (Å²) in [6.07, 6.45) is 13.6. The third-order valence-electron chi connectivity index (χ3n) is 10.3. The Morgan fingerprint density at radius 2 is 1.83 bits per heavy atom. The molecule has 4 heteroatoms. The third kappa shape index (κ3) is 3.91. The van der Waals surface area contributed by atoms with Crippen molar-refractivity contribution in [2.45, 2.75) is 81.1 Å². The fourth-order valence-electron chi connectivity index (χ4n) is 8.85. The van der Waals surface area contributed by atoms with Crippen LogP contribution < -0.4 is 5.32 Å². The largest absolute Gasteiger partial charge is 0.339 e. The van der Waals surface area contributed by atoms with Gasteiger partial charge < -0.3 is 10.2 Å². The summed E-state index contributed by atoms with van der Waals surface area (Å²) in [6.45, 7) is 2.96. The van der Waals surface area contributed by atoms with Crippen LogP contribution in [-0.2, 0) is 16.6 Å². The van der Waals surface area contributed by atoms with E-state index in [4.69, 9.17) is 0 Å². The van der Waals surface area contributed by atoms with Gasteiger partial charge >= 0.3 is 0 Å². The van der Waals surface area contributed by atoms with Crippen molar-refractivity contribution in [3.05, 3.63) is 69.7 Å². The highest BCUT2D eigenvalue weighted by atomic mass is 79.9. The summed E-state index contributed by atoms with van der Waals surface area (Å²) in [4.78, 5) is 15.2. The van der Waals surface area contributed by atoms with Crippen LogP contribution in [0.5, 0.6) is 0 Å². The van der Waals surface area contributed by atoms with Crippen LogP contribution in [0, 0.1) is 11.8 Å². The quantitative estimate of drug-likeness (QED) is 0.448. The van der Waals surface area contributed by atoms with Crippen molar-refractivity contribution in [3.63, 3.8) is 0 Å². The molecule has 2 aliphatic carbocycles. The van der Waals surface area contributed by atoms with Gasteiger partial charge in [0, 0.05) is 35.4 Å². The van der Waals surface area contributed by atoms with Gasteiger partial charge in [0.15, 0.2) is 0 Å². The monoisotopic (exact) mass is 534 g/mol. The number of carbonyl (C=O) groups is 1. The Balaban J connectivity index is 1.50. The Hall–Kier alpha value is -1.65. The molecular weight excluding hydrogens is 496 g/mol. The Morgan fingerprint density at radius 1 is 1.00 bits per heavy atom. The van der Waals surface area contributed by atoms with E-state index < -0.39 is 0 Å². The summed E-state index contributed by atoms with van der Waals surface area (Å²) in [5.74, 6) is 1.57. The predicted molar refractivity (Wildman–Crippen MR) is 146 cm³/mol. The van der Waals surface area contributed by atoms with E-state index in [9.17, 15) is 4.79 Å². The van der Waals surface area contributed by atoms with Crippen molar-refractivity contribution >= 4 is 22.3 Å². The van der Waals surface area contributed by atoms with Gasteiger partial charge in [-0.3, -0.25) is 4.79 Å². The molecule has 2 heterocycles. The van der Waals surface area contributed by atoms with Crippen molar-refractivity contribution < 1.29 is 4.79 Å². The van der Waals surface area contributed by atoms with Crippen molar-refractivity contribution in [2.24, 2.45) is 11.8 Å². The number of benzene rings is 2. The van der Waals surface area contributed by atoms with E-state index in [1.165, 1.54) is 73.4 Å². The standard InChI is InChI=1S/C31H39BrN2O/c32-27-13-14-28-24(18-27)10-7-16-30(28)21-33-20-29(30)31(26-11-5-2-6-12-26)19-25(15-17-34(31)22-35)23-8-3-1-4-9-23/h1,3-4,8-9,13-14,18,22,25-26,29,33H,2,5-7,10-12,15-17,19-21H2/t25-,29+,30-,31+/m0/s1. The van der Waals surface area contributed by atoms with Gasteiger partial charge in [0.1, 0.15) is 0 Å². The Bertz CT molecular complexity index is 1050. The van der Waals surface area contributed by atoms with Crippen LogP contribution >= 0.6 is 15.9 Å². The van der Waals surface area contributed by atoms with Gasteiger partial charge in [-0.2, -0.15) is 0 Å². The maximum Gasteiger partial charge on any atom is 0.210 e. The fraction of sp³-hybridized carbons (Fsp3) is 0.581. The number of fused-ring (bicyclic) bond motifs is 2. The molecule has 6 rings (SSSR count). The van der Waals surface area contributed by atoms with Gasteiger partial charge in [0.05, 0.1) is 5.54 Å². The molecule has 35 heavy (non-hydrogen) atoms. The Labute approximate surface area is 219 Å². The lowest BCUT2D eigenvalue weighted by Crippen LogP contribution is -2.66. The van der Waals surface area contributed by atoms with Gasteiger partial charge in [-0.25, -0.2) is 0 Å². The van der Waals surface area contributed by atoms with Crippen molar-refractivity contribution in [1.82, 2.24) is 10.2 Å². The molecule has 1 N–H and O–H groups in total. The van der Waals surface area contributed by atoms with E-state index in [1.807, 2.05) is 0 Å². The lowest BCUT2D eigenvalue weighted by molar-refractivity contribution is -0.139. The van der Waals surface area contributed by atoms with Gasteiger partial charge in [0.25, 0.3) is 0 Å². The molecule has 2 aliphatic heterocycles. The number of hydrogen-bond donors (Lipinski definition) is 1. The first-order valence-corrected chi connectivity index (χ1v) is 14.7. The number of halogens is 1. The van der Waals surface area contributed by atoms with Crippen LogP contribution in [0.2, 0.25) is 0 Å². The smallest absolute Gasteiger partial charge is 0.210 e. The second kappa shape index (κ2) is 9.67. The second-order valence-corrected chi connectivity index (χ2v) is 12.6. The molecule has 2 aromatic rings. The number of aryl methyl sites for hydroxylation is 1. The van der Waals surface area contributed by atoms with E-state index in [-0.39, 0.29) is 11.0 Å². The number of carbonyl (C=O) groups excluding carboxylic acids is 1. The first kappa shape index (κ1) is 23.7. The topological polar surface area (TPSA) is 32.3 Å². The molecular formula is C31H39BrN2O. The highest BCUT2D eigenvalue weighted by molar-refractivity contribution is 9.10. The average molecular weight is 536 g/mol. The minimum Gasteiger partial charge on any atom is -0.339 e. The van der Waals surface area contributed by atoms with Gasteiger partial charge in [-0.1, -0.05) is 71.6 Å². The van der Waals surface area contributed by atoms with E-state index >= 15 is 0 Å². The van der Waals surface area contributed by atoms with Crippen molar-refractivity contribution in [2.75, 3.05) is 19.6 Å². The summed E-state index contributed by atoms with van der Waals surface area (Å²) in [7, 11) is 0. The van der Waals surface area contributed by atoms with Gasteiger partial charge in [-0.15, -0.1) is 0 Å². The number of nitrogens with one attached hydrogen (secondary N) is 1. The minimum atomic E-state index is -0.0773. The molecule has 1 spiro atoms. The summed E-state index contributed by atoms with van der Waals surface area (Å²) in [5.41, 5.74) is 4.58. The zero-order valence-electron chi connectivity index (χ0n) is 20.9.